The summed E-state index contributed by atoms with van der Waals surface area (Å²) in [5, 5.41) is 0. The molecule has 0 saturated heterocycles. The van der Waals surface area contributed by atoms with Crippen LogP contribution in [0.1, 0.15) is 30.8 Å². The van der Waals surface area contributed by atoms with Crippen LogP contribution in [0.2, 0.25) is 0 Å². The van der Waals surface area contributed by atoms with E-state index in [-0.39, 0.29) is 18.4 Å². The minimum atomic E-state index is 0. The number of rotatable bonds is 2. The molecule has 0 aliphatic heterocycles. The van der Waals surface area contributed by atoms with E-state index < -0.39 is 0 Å². The van der Waals surface area contributed by atoms with Gasteiger partial charge in [-0.2, -0.15) is 0 Å². The molecule has 0 bridgehead atoms. The van der Waals surface area contributed by atoms with E-state index in [0.717, 1.165) is 17.8 Å². The molecular weight excluding hydrogens is 172 g/mol. The standard InChI is InChI=1S/C9H14N2.ClH/c1-3-8(10)9-6-4-5-7(2)11-9;/h4-6,8H,3,10H2,1-2H3;1H/t8-;/m1./s1. The number of nitrogens with zero attached hydrogens (tertiary/aromatic N) is 1. The molecule has 3 heteroatoms. The summed E-state index contributed by atoms with van der Waals surface area (Å²) in [6.45, 7) is 4.04. The van der Waals surface area contributed by atoms with Gasteiger partial charge >= 0.3 is 0 Å². The zero-order valence-electron chi connectivity index (χ0n) is 7.45. The Balaban J connectivity index is 0.00000121. The Labute approximate surface area is 79.6 Å². The second-order valence-electron chi connectivity index (χ2n) is 2.72. The molecule has 0 spiro atoms. The first-order valence-corrected chi connectivity index (χ1v) is 3.93. The van der Waals surface area contributed by atoms with Gasteiger partial charge in [0.15, 0.2) is 0 Å². The topological polar surface area (TPSA) is 38.9 Å². The molecule has 1 heterocycles. The maximum Gasteiger partial charge on any atom is 0.0574 e. The van der Waals surface area contributed by atoms with Crippen LogP contribution in [0.3, 0.4) is 0 Å². The molecule has 68 valence electrons. The molecule has 2 N–H and O–H groups in total. The van der Waals surface area contributed by atoms with Crippen LogP contribution in [0, 0.1) is 6.92 Å². The van der Waals surface area contributed by atoms with Gasteiger partial charge in [0, 0.05) is 11.7 Å². The lowest BCUT2D eigenvalue weighted by atomic mass is 10.1. The van der Waals surface area contributed by atoms with Crippen molar-refractivity contribution in [2.75, 3.05) is 0 Å². The Morgan fingerprint density at radius 2 is 2.17 bits per heavy atom. The van der Waals surface area contributed by atoms with Crippen LogP contribution < -0.4 is 5.73 Å². The number of hydrogen-bond acceptors (Lipinski definition) is 2. The Morgan fingerprint density at radius 3 is 2.67 bits per heavy atom. The SMILES string of the molecule is CC[C@@H](N)c1cccc(C)n1.Cl. The Hall–Kier alpha value is -0.600. The van der Waals surface area contributed by atoms with Crippen LogP contribution in [0.15, 0.2) is 18.2 Å². The fourth-order valence-electron chi connectivity index (χ4n) is 0.980. The average Bonchev–Trinajstić information content (AvgIpc) is 2.03. The first kappa shape index (κ1) is 11.4. The molecule has 0 amide bonds. The minimum absolute atomic E-state index is 0. The van der Waals surface area contributed by atoms with Crippen molar-refractivity contribution in [1.29, 1.82) is 0 Å². The molecule has 1 aromatic rings. The number of nitrogens with two attached hydrogens (primary N) is 1. The fraction of sp³-hybridized carbons (Fsp3) is 0.444. The first-order valence-electron chi connectivity index (χ1n) is 3.93. The van der Waals surface area contributed by atoms with Crippen molar-refractivity contribution in [1.82, 2.24) is 4.98 Å². The maximum atomic E-state index is 5.80. The summed E-state index contributed by atoms with van der Waals surface area (Å²) in [7, 11) is 0. The van der Waals surface area contributed by atoms with Gasteiger partial charge in [-0.1, -0.05) is 13.0 Å². The van der Waals surface area contributed by atoms with Crippen molar-refractivity contribution >= 4 is 12.4 Å². The lowest BCUT2D eigenvalue weighted by Crippen LogP contribution is -2.10. The summed E-state index contributed by atoms with van der Waals surface area (Å²) in [4.78, 5) is 4.32. The van der Waals surface area contributed by atoms with Crippen molar-refractivity contribution < 1.29 is 0 Å². The van der Waals surface area contributed by atoms with E-state index in [9.17, 15) is 0 Å². The smallest absolute Gasteiger partial charge is 0.0574 e. The number of halogens is 1. The number of hydrogen-bond donors (Lipinski definition) is 1. The van der Waals surface area contributed by atoms with Crippen molar-refractivity contribution in [3.8, 4) is 0 Å². The molecule has 0 saturated carbocycles. The lowest BCUT2D eigenvalue weighted by Gasteiger charge is -2.07. The number of pyridine rings is 1. The van der Waals surface area contributed by atoms with E-state index >= 15 is 0 Å². The fourth-order valence-corrected chi connectivity index (χ4v) is 0.980. The highest BCUT2D eigenvalue weighted by molar-refractivity contribution is 5.85. The third-order valence-electron chi connectivity index (χ3n) is 1.73. The number of aryl methyl sites for hydroxylation is 1. The summed E-state index contributed by atoms with van der Waals surface area (Å²) in [5.74, 6) is 0. The summed E-state index contributed by atoms with van der Waals surface area (Å²) in [5.41, 5.74) is 7.83. The monoisotopic (exact) mass is 186 g/mol. The molecule has 1 rings (SSSR count). The van der Waals surface area contributed by atoms with E-state index in [1.165, 1.54) is 0 Å². The predicted octanol–water partition coefficient (Wildman–Crippen LogP) is 2.22. The molecular formula is C9H15ClN2. The molecule has 0 aliphatic carbocycles. The van der Waals surface area contributed by atoms with E-state index in [0.29, 0.717) is 0 Å². The van der Waals surface area contributed by atoms with Crippen LogP contribution in [0.25, 0.3) is 0 Å². The normalized spacial score (nSPS) is 11.9. The molecule has 1 aromatic heterocycles. The van der Waals surface area contributed by atoms with Crippen LogP contribution in [0.4, 0.5) is 0 Å². The maximum absolute atomic E-state index is 5.80. The van der Waals surface area contributed by atoms with Crippen molar-refractivity contribution in [3.05, 3.63) is 29.6 Å². The lowest BCUT2D eigenvalue weighted by molar-refractivity contribution is 0.673. The highest BCUT2D eigenvalue weighted by Gasteiger charge is 2.02. The predicted molar refractivity (Wildman–Crippen MR) is 53.4 cm³/mol. The van der Waals surface area contributed by atoms with Gasteiger partial charge in [0.25, 0.3) is 0 Å². The summed E-state index contributed by atoms with van der Waals surface area (Å²) in [6, 6.07) is 6.04. The Kier molecular flexibility index (Phi) is 4.86. The molecule has 0 aromatic carbocycles. The minimum Gasteiger partial charge on any atom is -0.323 e. The summed E-state index contributed by atoms with van der Waals surface area (Å²) >= 11 is 0. The van der Waals surface area contributed by atoms with Crippen molar-refractivity contribution in [2.24, 2.45) is 5.73 Å². The zero-order valence-corrected chi connectivity index (χ0v) is 8.27. The van der Waals surface area contributed by atoms with E-state index in [4.69, 9.17) is 5.73 Å². The average molecular weight is 187 g/mol. The zero-order chi connectivity index (χ0) is 8.27. The van der Waals surface area contributed by atoms with Crippen LogP contribution in [-0.4, -0.2) is 4.98 Å². The third-order valence-corrected chi connectivity index (χ3v) is 1.73. The first-order chi connectivity index (χ1) is 5.24. The molecule has 1 atom stereocenters. The van der Waals surface area contributed by atoms with Gasteiger partial charge in [-0.15, -0.1) is 12.4 Å². The molecule has 12 heavy (non-hydrogen) atoms. The van der Waals surface area contributed by atoms with E-state index in [1.807, 2.05) is 25.1 Å². The Morgan fingerprint density at radius 1 is 1.50 bits per heavy atom. The van der Waals surface area contributed by atoms with E-state index in [1.54, 1.807) is 0 Å². The van der Waals surface area contributed by atoms with Gasteiger partial charge in [0.05, 0.1) is 5.69 Å². The van der Waals surface area contributed by atoms with Crippen LogP contribution >= 0.6 is 12.4 Å². The molecule has 0 radical (unpaired) electrons. The molecule has 0 aliphatic rings. The van der Waals surface area contributed by atoms with Gasteiger partial charge in [0.2, 0.25) is 0 Å². The summed E-state index contributed by atoms with van der Waals surface area (Å²) < 4.78 is 0. The Bertz CT molecular complexity index is 238. The second kappa shape index (κ2) is 5.12. The van der Waals surface area contributed by atoms with Gasteiger partial charge in [-0.3, -0.25) is 4.98 Å². The molecule has 0 unspecified atom stereocenters. The number of aromatic nitrogens is 1. The second-order valence-corrected chi connectivity index (χ2v) is 2.72. The molecule has 0 fully saturated rings. The van der Waals surface area contributed by atoms with Gasteiger partial charge in [0.1, 0.15) is 0 Å². The van der Waals surface area contributed by atoms with Crippen LogP contribution in [-0.2, 0) is 0 Å². The van der Waals surface area contributed by atoms with Gasteiger partial charge < -0.3 is 5.73 Å². The highest BCUT2D eigenvalue weighted by atomic mass is 35.5. The summed E-state index contributed by atoms with van der Waals surface area (Å²) in [6.07, 6.45) is 0.941. The van der Waals surface area contributed by atoms with Crippen LogP contribution in [0.5, 0.6) is 0 Å². The highest BCUT2D eigenvalue weighted by Crippen LogP contribution is 2.10. The van der Waals surface area contributed by atoms with Gasteiger partial charge in [-0.25, -0.2) is 0 Å². The third kappa shape index (κ3) is 2.80. The quantitative estimate of drug-likeness (QED) is 0.770. The van der Waals surface area contributed by atoms with Crippen molar-refractivity contribution in [2.45, 2.75) is 26.3 Å². The van der Waals surface area contributed by atoms with E-state index in [2.05, 4.69) is 11.9 Å². The van der Waals surface area contributed by atoms with Gasteiger partial charge in [-0.05, 0) is 25.5 Å². The molecule has 2 nitrogen and oxygen atoms in total. The largest absolute Gasteiger partial charge is 0.323 e. The van der Waals surface area contributed by atoms with Crippen molar-refractivity contribution in [3.63, 3.8) is 0 Å².